The number of aryl methyl sites for hydroxylation is 1. The lowest BCUT2D eigenvalue weighted by molar-refractivity contribution is 0.530. The SMILES string of the molecule is CC(C)CCn1c2ccccc2c(=O)c2ccccc21. The van der Waals surface area contributed by atoms with Gasteiger partial charge in [-0.1, -0.05) is 38.1 Å². The number of aromatic nitrogens is 1. The van der Waals surface area contributed by atoms with Gasteiger partial charge in [-0.3, -0.25) is 4.79 Å². The maximum absolute atomic E-state index is 12.6. The van der Waals surface area contributed by atoms with Crippen LogP contribution in [0.25, 0.3) is 21.8 Å². The minimum absolute atomic E-state index is 0.136. The van der Waals surface area contributed by atoms with Gasteiger partial charge in [-0.2, -0.15) is 0 Å². The molecule has 3 aromatic rings. The molecule has 0 aliphatic heterocycles. The number of pyridine rings is 1. The number of nitrogens with zero attached hydrogens (tertiary/aromatic N) is 1. The molecule has 0 atom stereocenters. The van der Waals surface area contributed by atoms with Crippen LogP contribution < -0.4 is 5.43 Å². The highest BCUT2D eigenvalue weighted by Crippen LogP contribution is 2.20. The highest BCUT2D eigenvalue weighted by atomic mass is 16.1. The van der Waals surface area contributed by atoms with Crippen molar-refractivity contribution in [3.8, 4) is 0 Å². The lowest BCUT2D eigenvalue weighted by atomic mass is 10.1. The molecule has 0 saturated carbocycles. The summed E-state index contributed by atoms with van der Waals surface area (Å²) in [6.07, 6.45) is 1.11. The molecular weight excluding hydrogens is 246 g/mol. The first-order valence-corrected chi connectivity index (χ1v) is 7.19. The third-order valence-electron chi connectivity index (χ3n) is 3.81. The van der Waals surface area contributed by atoms with Crippen LogP contribution in [0.5, 0.6) is 0 Å². The Morgan fingerprint density at radius 1 is 0.900 bits per heavy atom. The maximum atomic E-state index is 12.6. The van der Waals surface area contributed by atoms with E-state index in [1.807, 2.05) is 48.5 Å². The van der Waals surface area contributed by atoms with Crippen LogP contribution in [0.4, 0.5) is 0 Å². The zero-order chi connectivity index (χ0) is 14.1. The summed E-state index contributed by atoms with van der Waals surface area (Å²) in [5.41, 5.74) is 2.21. The average molecular weight is 265 g/mol. The van der Waals surface area contributed by atoms with Crippen molar-refractivity contribution >= 4 is 21.8 Å². The van der Waals surface area contributed by atoms with E-state index in [0.29, 0.717) is 5.92 Å². The quantitative estimate of drug-likeness (QED) is 0.650. The smallest absolute Gasteiger partial charge is 0.197 e. The van der Waals surface area contributed by atoms with Gasteiger partial charge in [-0.25, -0.2) is 0 Å². The second-order valence-corrected chi connectivity index (χ2v) is 5.70. The van der Waals surface area contributed by atoms with Gasteiger partial charge >= 0.3 is 0 Å². The Labute approximate surface area is 118 Å². The minimum atomic E-state index is 0.136. The molecule has 2 aromatic carbocycles. The molecule has 0 bridgehead atoms. The van der Waals surface area contributed by atoms with Crippen molar-refractivity contribution < 1.29 is 0 Å². The van der Waals surface area contributed by atoms with E-state index in [2.05, 4.69) is 18.4 Å². The molecule has 0 spiro atoms. The Balaban J connectivity index is 2.37. The fraction of sp³-hybridized carbons (Fsp3) is 0.278. The van der Waals surface area contributed by atoms with Crippen LogP contribution in [-0.4, -0.2) is 4.57 Å². The first-order chi connectivity index (χ1) is 9.68. The Morgan fingerprint density at radius 3 is 1.90 bits per heavy atom. The monoisotopic (exact) mass is 265 g/mol. The maximum Gasteiger partial charge on any atom is 0.197 e. The number of hydrogen-bond acceptors (Lipinski definition) is 1. The number of hydrogen-bond donors (Lipinski definition) is 0. The minimum Gasteiger partial charge on any atom is -0.340 e. The molecule has 1 aromatic heterocycles. The summed E-state index contributed by atoms with van der Waals surface area (Å²) in [6.45, 7) is 5.40. The van der Waals surface area contributed by atoms with Gasteiger partial charge < -0.3 is 4.57 Å². The topological polar surface area (TPSA) is 22.0 Å². The Morgan fingerprint density at radius 2 is 1.40 bits per heavy atom. The molecule has 102 valence electrons. The summed E-state index contributed by atoms with van der Waals surface area (Å²) < 4.78 is 2.28. The normalized spacial score (nSPS) is 11.6. The van der Waals surface area contributed by atoms with Crippen molar-refractivity contribution in [2.75, 3.05) is 0 Å². The zero-order valence-corrected chi connectivity index (χ0v) is 12.0. The van der Waals surface area contributed by atoms with Crippen LogP contribution in [0.2, 0.25) is 0 Å². The van der Waals surface area contributed by atoms with Crippen LogP contribution in [0.1, 0.15) is 20.3 Å². The van der Waals surface area contributed by atoms with Gasteiger partial charge in [-0.15, -0.1) is 0 Å². The van der Waals surface area contributed by atoms with Crippen molar-refractivity contribution in [1.29, 1.82) is 0 Å². The molecule has 0 aliphatic carbocycles. The van der Waals surface area contributed by atoms with E-state index >= 15 is 0 Å². The van der Waals surface area contributed by atoms with Crippen LogP contribution in [0, 0.1) is 5.92 Å². The molecule has 20 heavy (non-hydrogen) atoms. The zero-order valence-electron chi connectivity index (χ0n) is 12.0. The third kappa shape index (κ3) is 2.11. The summed E-state index contributed by atoms with van der Waals surface area (Å²) in [6, 6.07) is 15.8. The summed E-state index contributed by atoms with van der Waals surface area (Å²) >= 11 is 0. The first kappa shape index (κ1) is 12.9. The van der Waals surface area contributed by atoms with Crippen molar-refractivity contribution in [2.24, 2.45) is 5.92 Å². The lowest BCUT2D eigenvalue weighted by Crippen LogP contribution is -2.12. The molecule has 0 aliphatic rings. The molecule has 2 heteroatoms. The van der Waals surface area contributed by atoms with Crippen LogP contribution in [0.3, 0.4) is 0 Å². The number of rotatable bonds is 3. The Hall–Kier alpha value is -2.09. The average Bonchev–Trinajstić information content (AvgIpc) is 2.47. The van der Waals surface area contributed by atoms with Gasteiger partial charge in [-0.05, 0) is 36.6 Å². The second-order valence-electron chi connectivity index (χ2n) is 5.70. The van der Waals surface area contributed by atoms with Crippen LogP contribution >= 0.6 is 0 Å². The van der Waals surface area contributed by atoms with Crippen molar-refractivity contribution in [2.45, 2.75) is 26.8 Å². The van der Waals surface area contributed by atoms with E-state index in [1.165, 1.54) is 0 Å². The first-order valence-electron chi connectivity index (χ1n) is 7.19. The third-order valence-corrected chi connectivity index (χ3v) is 3.81. The highest BCUT2D eigenvalue weighted by Gasteiger charge is 2.09. The van der Waals surface area contributed by atoms with Gasteiger partial charge in [0.2, 0.25) is 0 Å². The highest BCUT2D eigenvalue weighted by molar-refractivity contribution is 5.93. The molecule has 0 radical (unpaired) electrons. The summed E-state index contributed by atoms with van der Waals surface area (Å²) in [4.78, 5) is 12.6. The fourth-order valence-corrected chi connectivity index (χ4v) is 2.71. The van der Waals surface area contributed by atoms with Crippen LogP contribution in [0.15, 0.2) is 53.3 Å². The van der Waals surface area contributed by atoms with Gasteiger partial charge in [0.05, 0.1) is 11.0 Å². The van der Waals surface area contributed by atoms with E-state index in [-0.39, 0.29) is 5.43 Å². The van der Waals surface area contributed by atoms with Crippen LogP contribution in [-0.2, 0) is 6.54 Å². The summed E-state index contributed by atoms with van der Waals surface area (Å²) in [5.74, 6) is 0.645. The molecule has 3 rings (SSSR count). The molecule has 0 N–H and O–H groups in total. The Kier molecular flexibility index (Phi) is 3.31. The summed E-state index contributed by atoms with van der Waals surface area (Å²) in [5, 5.41) is 1.63. The number of fused-ring (bicyclic) bond motifs is 2. The molecule has 0 amide bonds. The molecule has 1 heterocycles. The van der Waals surface area contributed by atoms with Crippen molar-refractivity contribution in [1.82, 2.24) is 4.57 Å². The predicted octanol–water partition coefficient (Wildman–Crippen LogP) is 4.20. The number of benzene rings is 2. The molecule has 0 saturated heterocycles. The van der Waals surface area contributed by atoms with Gasteiger partial charge in [0.25, 0.3) is 0 Å². The van der Waals surface area contributed by atoms with E-state index in [4.69, 9.17) is 0 Å². The standard InChI is InChI=1S/C18H19NO/c1-13(2)11-12-19-16-9-5-3-7-14(16)18(20)15-8-4-6-10-17(15)19/h3-10,13H,11-12H2,1-2H3. The van der Waals surface area contributed by atoms with Gasteiger partial charge in [0, 0.05) is 17.3 Å². The lowest BCUT2D eigenvalue weighted by Gasteiger charge is -2.16. The second kappa shape index (κ2) is 5.12. The van der Waals surface area contributed by atoms with Crippen molar-refractivity contribution in [3.63, 3.8) is 0 Å². The summed E-state index contributed by atoms with van der Waals surface area (Å²) in [7, 11) is 0. The van der Waals surface area contributed by atoms with E-state index in [9.17, 15) is 4.79 Å². The van der Waals surface area contributed by atoms with E-state index in [0.717, 1.165) is 34.8 Å². The Bertz CT molecular complexity index is 754. The predicted molar refractivity (Wildman–Crippen MR) is 85.2 cm³/mol. The van der Waals surface area contributed by atoms with Crippen molar-refractivity contribution in [3.05, 3.63) is 58.8 Å². The van der Waals surface area contributed by atoms with E-state index < -0.39 is 0 Å². The van der Waals surface area contributed by atoms with E-state index in [1.54, 1.807) is 0 Å². The fourth-order valence-electron chi connectivity index (χ4n) is 2.71. The molecule has 0 unspecified atom stereocenters. The molecule has 0 fully saturated rings. The van der Waals surface area contributed by atoms with Gasteiger partial charge in [0.1, 0.15) is 0 Å². The molecule has 2 nitrogen and oxygen atoms in total. The number of para-hydroxylation sites is 2. The molecular formula is C18H19NO. The van der Waals surface area contributed by atoms with Gasteiger partial charge in [0.15, 0.2) is 5.43 Å². The largest absolute Gasteiger partial charge is 0.340 e.